The van der Waals surface area contributed by atoms with E-state index in [4.69, 9.17) is 23.9 Å². The molecule has 1 unspecified atom stereocenters. The zero-order chi connectivity index (χ0) is 31.9. The first kappa shape index (κ1) is 31.2. The van der Waals surface area contributed by atoms with Gasteiger partial charge in [-0.05, 0) is 100 Å². The normalized spacial score (nSPS) is 20.6. The van der Waals surface area contributed by atoms with E-state index in [0.717, 1.165) is 71.4 Å². The minimum absolute atomic E-state index is 0.0374. The molecule has 1 saturated heterocycles. The van der Waals surface area contributed by atoms with Crippen LogP contribution in [0.2, 0.25) is 0 Å². The molecule has 0 spiro atoms. The molecule has 3 aromatic rings. The highest BCUT2D eigenvalue weighted by atomic mass is 32.1. The van der Waals surface area contributed by atoms with Crippen molar-refractivity contribution in [2.75, 3.05) is 38.3 Å². The molecule has 2 atom stereocenters. The number of aromatic nitrogens is 1. The lowest BCUT2D eigenvalue weighted by Gasteiger charge is -2.32. The SMILES string of the molecule is CCOC(=O)[C@@]12CCN(c3nc(-c4cc(OC)ccc4OCc4ccc5c(c4C)CCN(C(=O)OC(C)(C)C)C5)cs3)CC1C2. The van der Waals surface area contributed by atoms with Gasteiger partial charge in [-0.3, -0.25) is 4.79 Å². The van der Waals surface area contributed by atoms with Crippen LogP contribution in [0.25, 0.3) is 11.3 Å². The fourth-order valence-electron chi connectivity index (χ4n) is 6.60. The van der Waals surface area contributed by atoms with E-state index >= 15 is 0 Å². The third kappa shape index (κ3) is 6.34. The smallest absolute Gasteiger partial charge is 0.410 e. The standard InChI is InChI=1S/C35H43N3O6S/c1-7-42-31(39)35-13-15-37(19-25(35)17-35)32-36-29(21-45-32)28-16-26(41-6)10-11-30(28)43-20-24-9-8-23-18-38(14-12-27(23)22(24)2)33(40)44-34(3,4)5/h8-11,16,21,25H,7,12-15,17-20H2,1-6H3/t25?,35-/m1/s1. The second-order valence-corrected chi connectivity index (χ2v) is 14.1. The van der Waals surface area contributed by atoms with E-state index < -0.39 is 5.60 Å². The average molecular weight is 634 g/mol. The Labute approximate surface area is 269 Å². The molecule has 9 nitrogen and oxygen atoms in total. The Kier molecular flexibility index (Phi) is 8.45. The number of hydrogen-bond donors (Lipinski definition) is 0. The van der Waals surface area contributed by atoms with E-state index in [1.165, 1.54) is 11.1 Å². The number of rotatable bonds is 8. The molecule has 3 heterocycles. The van der Waals surface area contributed by atoms with Crippen LogP contribution in [-0.4, -0.2) is 60.9 Å². The van der Waals surface area contributed by atoms with Gasteiger partial charge in [0.2, 0.25) is 0 Å². The molecule has 1 aromatic heterocycles. The minimum atomic E-state index is -0.516. The van der Waals surface area contributed by atoms with E-state index in [1.54, 1.807) is 23.3 Å². The number of amides is 1. The van der Waals surface area contributed by atoms with E-state index in [1.807, 2.05) is 45.9 Å². The highest BCUT2D eigenvalue weighted by molar-refractivity contribution is 7.14. The summed E-state index contributed by atoms with van der Waals surface area (Å²) >= 11 is 1.61. The Morgan fingerprint density at radius 3 is 2.71 bits per heavy atom. The molecule has 3 aliphatic rings. The first-order chi connectivity index (χ1) is 21.5. The minimum Gasteiger partial charge on any atom is -0.497 e. The molecule has 1 saturated carbocycles. The maximum absolute atomic E-state index is 12.6. The van der Waals surface area contributed by atoms with Gasteiger partial charge in [0.05, 0.1) is 24.8 Å². The molecular weight excluding hydrogens is 590 g/mol. The number of benzene rings is 2. The molecule has 6 rings (SSSR count). The topological polar surface area (TPSA) is 90.4 Å². The van der Waals surface area contributed by atoms with Gasteiger partial charge < -0.3 is 28.7 Å². The molecule has 240 valence electrons. The van der Waals surface area contributed by atoms with Gasteiger partial charge in [-0.1, -0.05) is 12.1 Å². The van der Waals surface area contributed by atoms with Crippen LogP contribution < -0.4 is 14.4 Å². The molecule has 0 N–H and O–H groups in total. The zero-order valence-electron chi connectivity index (χ0n) is 27.1. The first-order valence-corrected chi connectivity index (χ1v) is 16.7. The molecular formula is C35H43N3O6S. The van der Waals surface area contributed by atoms with Crippen molar-refractivity contribution in [3.05, 3.63) is 58.0 Å². The van der Waals surface area contributed by atoms with E-state index in [-0.39, 0.29) is 17.5 Å². The maximum Gasteiger partial charge on any atom is 0.410 e. The number of carbonyl (C=O) groups is 2. The van der Waals surface area contributed by atoms with Crippen LogP contribution >= 0.6 is 11.3 Å². The number of methoxy groups -OCH3 is 1. The summed E-state index contributed by atoms with van der Waals surface area (Å²) < 4.78 is 23.0. The van der Waals surface area contributed by atoms with Gasteiger partial charge in [0.15, 0.2) is 5.13 Å². The van der Waals surface area contributed by atoms with Crippen LogP contribution in [0, 0.1) is 18.3 Å². The Morgan fingerprint density at radius 1 is 1.16 bits per heavy atom. The molecule has 2 aliphatic heterocycles. The number of fused-ring (bicyclic) bond motifs is 2. The molecule has 2 fully saturated rings. The van der Waals surface area contributed by atoms with Crippen molar-refractivity contribution in [1.82, 2.24) is 9.88 Å². The number of nitrogens with zero attached hydrogens (tertiary/aromatic N) is 3. The predicted octanol–water partition coefficient (Wildman–Crippen LogP) is 6.78. The largest absolute Gasteiger partial charge is 0.497 e. The van der Waals surface area contributed by atoms with Crippen LogP contribution in [0.5, 0.6) is 11.5 Å². The average Bonchev–Trinajstić information content (AvgIpc) is 3.57. The van der Waals surface area contributed by atoms with Gasteiger partial charge in [0.25, 0.3) is 0 Å². The maximum atomic E-state index is 12.6. The number of hydrogen-bond acceptors (Lipinski definition) is 9. The lowest BCUT2D eigenvalue weighted by Crippen LogP contribution is -2.40. The molecule has 0 radical (unpaired) electrons. The predicted molar refractivity (Wildman–Crippen MR) is 174 cm³/mol. The third-order valence-electron chi connectivity index (χ3n) is 9.24. The van der Waals surface area contributed by atoms with E-state index in [9.17, 15) is 9.59 Å². The lowest BCUT2D eigenvalue weighted by molar-refractivity contribution is -0.150. The number of esters is 1. The highest BCUT2D eigenvalue weighted by Gasteiger charge is 2.63. The fraction of sp³-hybridized carbons (Fsp3) is 0.514. The summed E-state index contributed by atoms with van der Waals surface area (Å²) in [5.41, 5.74) is 5.66. The van der Waals surface area contributed by atoms with Crippen molar-refractivity contribution in [2.45, 2.75) is 72.6 Å². The van der Waals surface area contributed by atoms with Crippen LogP contribution in [0.1, 0.15) is 62.8 Å². The van der Waals surface area contributed by atoms with E-state index in [0.29, 0.717) is 32.2 Å². The molecule has 10 heteroatoms. The van der Waals surface area contributed by atoms with Gasteiger partial charge >= 0.3 is 12.1 Å². The number of carbonyl (C=O) groups excluding carboxylic acids is 2. The fourth-order valence-corrected chi connectivity index (χ4v) is 7.46. The van der Waals surface area contributed by atoms with Crippen molar-refractivity contribution in [3.63, 3.8) is 0 Å². The molecule has 1 amide bonds. The molecule has 2 aromatic carbocycles. The van der Waals surface area contributed by atoms with Crippen molar-refractivity contribution in [1.29, 1.82) is 0 Å². The molecule has 0 bridgehead atoms. The third-order valence-corrected chi connectivity index (χ3v) is 10.1. The van der Waals surface area contributed by atoms with Crippen molar-refractivity contribution < 1.29 is 28.5 Å². The Balaban J connectivity index is 1.15. The summed E-state index contributed by atoms with van der Waals surface area (Å²) in [5, 5.41) is 3.02. The quantitative estimate of drug-likeness (QED) is 0.251. The second kappa shape index (κ2) is 12.2. The van der Waals surface area contributed by atoms with Gasteiger partial charge in [0, 0.05) is 37.1 Å². The van der Waals surface area contributed by atoms with E-state index in [2.05, 4.69) is 29.3 Å². The van der Waals surface area contributed by atoms with Crippen LogP contribution in [0.4, 0.5) is 9.93 Å². The number of ether oxygens (including phenoxy) is 4. The summed E-state index contributed by atoms with van der Waals surface area (Å²) in [7, 11) is 1.66. The van der Waals surface area contributed by atoms with Crippen molar-refractivity contribution >= 4 is 28.5 Å². The Morgan fingerprint density at radius 2 is 1.98 bits per heavy atom. The zero-order valence-corrected chi connectivity index (χ0v) is 27.9. The van der Waals surface area contributed by atoms with Gasteiger partial charge in [-0.25, -0.2) is 9.78 Å². The summed E-state index contributed by atoms with van der Waals surface area (Å²) in [4.78, 5) is 34.3. The van der Waals surface area contributed by atoms with Crippen molar-refractivity contribution in [3.8, 4) is 22.8 Å². The van der Waals surface area contributed by atoms with Crippen molar-refractivity contribution in [2.24, 2.45) is 11.3 Å². The number of piperidine rings is 1. The van der Waals surface area contributed by atoms with Crippen LogP contribution in [-0.2, 0) is 33.8 Å². The van der Waals surface area contributed by atoms with Gasteiger partial charge in [-0.2, -0.15) is 0 Å². The van der Waals surface area contributed by atoms with Crippen LogP contribution in [0.15, 0.2) is 35.7 Å². The van der Waals surface area contributed by atoms with Crippen LogP contribution in [0.3, 0.4) is 0 Å². The number of anilines is 1. The molecule has 1 aliphatic carbocycles. The van der Waals surface area contributed by atoms with Gasteiger partial charge in [0.1, 0.15) is 23.7 Å². The molecule has 45 heavy (non-hydrogen) atoms. The summed E-state index contributed by atoms with van der Waals surface area (Å²) in [5.74, 6) is 1.77. The first-order valence-electron chi connectivity index (χ1n) is 15.8. The lowest BCUT2D eigenvalue weighted by atomic mass is 9.92. The summed E-state index contributed by atoms with van der Waals surface area (Å²) in [6.45, 7) is 13.3. The second-order valence-electron chi connectivity index (χ2n) is 13.3. The Bertz CT molecular complexity index is 1600. The summed E-state index contributed by atoms with van der Waals surface area (Å²) in [6.07, 6.45) is 2.21. The highest BCUT2D eigenvalue weighted by Crippen LogP contribution is 2.59. The number of thiazole rings is 1. The van der Waals surface area contributed by atoms with Gasteiger partial charge in [-0.15, -0.1) is 11.3 Å². The summed E-state index contributed by atoms with van der Waals surface area (Å²) in [6, 6.07) is 10.0. The Hall–Kier alpha value is -3.79. The monoisotopic (exact) mass is 633 g/mol.